The number of benzene rings is 3. The van der Waals surface area contributed by atoms with E-state index in [9.17, 15) is 9.59 Å². The highest BCUT2D eigenvalue weighted by atomic mass is 35.5. The van der Waals surface area contributed by atoms with Gasteiger partial charge in [0.25, 0.3) is 5.91 Å². The van der Waals surface area contributed by atoms with E-state index in [0.717, 1.165) is 11.4 Å². The van der Waals surface area contributed by atoms with Crippen LogP contribution >= 0.6 is 11.6 Å². The van der Waals surface area contributed by atoms with Crippen LogP contribution in [0.2, 0.25) is 5.02 Å². The first-order chi connectivity index (χ1) is 13.5. The fraction of sp³-hybridized carbons (Fsp3) is 0.0909. The fourth-order valence-electron chi connectivity index (χ4n) is 2.68. The summed E-state index contributed by atoms with van der Waals surface area (Å²) in [6.45, 7) is 0.0857. The van der Waals surface area contributed by atoms with Crippen molar-refractivity contribution < 1.29 is 9.59 Å². The van der Waals surface area contributed by atoms with Crippen molar-refractivity contribution in [1.29, 1.82) is 0 Å². The Kier molecular flexibility index (Phi) is 6.29. The minimum Gasteiger partial charge on any atom is -0.376 e. The van der Waals surface area contributed by atoms with Crippen molar-refractivity contribution in [1.82, 2.24) is 0 Å². The third-order valence-corrected chi connectivity index (χ3v) is 4.35. The number of hydrogen-bond donors (Lipinski definition) is 2. The van der Waals surface area contributed by atoms with E-state index in [1.54, 1.807) is 54.4 Å². The first kappa shape index (κ1) is 19.5. The van der Waals surface area contributed by atoms with Crippen molar-refractivity contribution in [3.63, 3.8) is 0 Å². The van der Waals surface area contributed by atoms with Gasteiger partial charge in [-0.1, -0.05) is 41.9 Å². The summed E-state index contributed by atoms with van der Waals surface area (Å²) in [4.78, 5) is 26.5. The summed E-state index contributed by atoms with van der Waals surface area (Å²) in [5.41, 5.74) is 2.61. The molecule has 0 fully saturated rings. The molecule has 0 spiro atoms. The Hall–Kier alpha value is -3.31. The predicted octanol–water partition coefficient (Wildman–Crippen LogP) is 4.67. The van der Waals surface area contributed by atoms with Gasteiger partial charge in [0.05, 0.1) is 6.54 Å². The molecule has 0 aliphatic carbocycles. The van der Waals surface area contributed by atoms with Crippen molar-refractivity contribution in [3.05, 3.63) is 89.4 Å². The molecule has 28 heavy (non-hydrogen) atoms. The van der Waals surface area contributed by atoms with E-state index < -0.39 is 0 Å². The minimum atomic E-state index is -0.221. The van der Waals surface area contributed by atoms with Crippen molar-refractivity contribution in [2.75, 3.05) is 29.1 Å². The van der Waals surface area contributed by atoms with Gasteiger partial charge in [-0.2, -0.15) is 0 Å². The molecular weight excluding hydrogens is 374 g/mol. The van der Waals surface area contributed by atoms with Gasteiger partial charge >= 0.3 is 0 Å². The lowest BCUT2D eigenvalue weighted by atomic mass is 10.1. The Bertz CT molecular complexity index is 976. The second-order valence-electron chi connectivity index (χ2n) is 6.19. The molecule has 0 aliphatic rings. The third-order valence-electron chi connectivity index (χ3n) is 4.12. The molecule has 2 amide bonds. The largest absolute Gasteiger partial charge is 0.376 e. The van der Waals surface area contributed by atoms with Gasteiger partial charge in [-0.3, -0.25) is 9.59 Å². The Morgan fingerprint density at radius 1 is 0.893 bits per heavy atom. The maximum absolute atomic E-state index is 12.7. The smallest absolute Gasteiger partial charge is 0.258 e. The molecule has 3 aromatic rings. The van der Waals surface area contributed by atoms with Crippen LogP contribution in [0.4, 0.5) is 17.1 Å². The van der Waals surface area contributed by atoms with Gasteiger partial charge in [0.2, 0.25) is 5.91 Å². The van der Waals surface area contributed by atoms with Crippen molar-refractivity contribution >= 4 is 40.5 Å². The van der Waals surface area contributed by atoms with Crippen LogP contribution in [0.3, 0.4) is 0 Å². The van der Waals surface area contributed by atoms with Crippen LogP contribution in [0.1, 0.15) is 10.4 Å². The number of rotatable bonds is 6. The number of carbonyl (C=O) groups excluding carboxylic acids is 2. The van der Waals surface area contributed by atoms with E-state index in [1.165, 1.54) is 0 Å². The summed E-state index contributed by atoms with van der Waals surface area (Å²) in [5.74, 6) is -0.375. The van der Waals surface area contributed by atoms with E-state index in [-0.39, 0.29) is 18.4 Å². The number of carbonyl (C=O) groups is 2. The number of nitrogens with zero attached hydrogens (tertiary/aromatic N) is 1. The lowest BCUT2D eigenvalue weighted by Gasteiger charge is -2.17. The monoisotopic (exact) mass is 393 g/mol. The normalized spacial score (nSPS) is 10.2. The van der Waals surface area contributed by atoms with Gasteiger partial charge in [-0.25, -0.2) is 0 Å². The Morgan fingerprint density at radius 3 is 2.36 bits per heavy atom. The minimum absolute atomic E-state index is 0.0857. The first-order valence-corrected chi connectivity index (χ1v) is 9.13. The molecule has 0 heterocycles. The summed E-state index contributed by atoms with van der Waals surface area (Å²) in [6.07, 6.45) is 0. The van der Waals surface area contributed by atoms with Crippen molar-refractivity contribution in [3.8, 4) is 0 Å². The van der Waals surface area contributed by atoms with Gasteiger partial charge in [0, 0.05) is 34.7 Å². The number of nitrogens with one attached hydrogen (secondary N) is 2. The Balaban J connectivity index is 1.62. The molecule has 0 aromatic heterocycles. The molecule has 6 heteroatoms. The maximum atomic E-state index is 12.7. The summed E-state index contributed by atoms with van der Waals surface area (Å²) >= 11 is 5.93. The van der Waals surface area contributed by atoms with Crippen LogP contribution in [0.15, 0.2) is 78.9 Å². The quantitative estimate of drug-likeness (QED) is 0.639. The van der Waals surface area contributed by atoms with Gasteiger partial charge in [0.15, 0.2) is 0 Å². The first-order valence-electron chi connectivity index (χ1n) is 8.75. The van der Waals surface area contributed by atoms with E-state index >= 15 is 0 Å². The highest BCUT2D eigenvalue weighted by Crippen LogP contribution is 2.18. The number of para-hydroxylation sites is 1. The van der Waals surface area contributed by atoms with Crippen LogP contribution in [0.25, 0.3) is 0 Å². The number of anilines is 3. The van der Waals surface area contributed by atoms with Crippen LogP contribution in [-0.2, 0) is 4.79 Å². The highest BCUT2D eigenvalue weighted by Gasteiger charge is 2.14. The summed E-state index contributed by atoms with van der Waals surface area (Å²) in [7, 11) is 1.72. The van der Waals surface area contributed by atoms with E-state index in [2.05, 4.69) is 10.6 Å². The van der Waals surface area contributed by atoms with Crippen LogP contribution in [-0.4, -0.2) is 25.4 Å². The fourth-order valence-corrected chi connectivity index (χ4v) is 2.87. The number of amides is 2. The van der Waals surface area contributed by atoms with Crippen molar-refractivity contribution in [2.24, 2.45) is 0 Å². The molecule has 3 aromatic carbocycles. The van der Waals surface area contributed by atoms with E-state index in [0.29, 0.717) is 16.3 Å². The van der Waals surface area contributed by atoms with Crippen molar-refractivity contribution in [2.45, 2.75) is 0 Å². The number of halogens is 1. The Morgan fingerprint density at radius 2 is 1.61 bits per heavy atom. The number of hydrogen-bond acceptors (Lipinski definition) is 3. The van der Waals surface area contributed by atoms with E-state index in [1.807, 2.05) is 36.4 Å². The molecule has 0 atom stereocenters. The second-order valence-corrected chi connectivity index (χ2v) is 6.63. The standard InChI is InChI=1S/C22H20ClN3O2/c1-26(20-11-3-2-4-12-20)22(28)16-7-5-10-19(13-16)25-21(27)15-24-18-9-6-8-17(23)14-18/h2-14,24H,15H2,1H3,(H,25,27). The topological polar surface area (TPSA) is 61.4 Å². The summed E-state index contributed by atoms with van der Waals surface area (Å²) in [6, 6.07) is 23.4. The average molecular weight is 394 g/mol. The lowest BCUT2D eigenvalue weighted by Crippen LogP contribution is -2.26. The molecular formula is C22H20ClN3O2. The molecule has 142 valence electrons. The molecule has 0 aliphatic heterocycles. The molecule has 0 radical (unpaired) electrons. The summed E-state index contributed by atoms with van der Waals surface area (Å²) < 4.78 is 0. The second kappa shape index (κ2) is 9.06. The lowest BCUT2D eigenvalue weighted by molar-refractivity contribution is -0.114. The van der Waals surface area contributed by atoms with Gasteiger partial charge < -0.3 is 15.5 Å². The van der Waals surface area contributed by atoms with Crippen LogP contribution in [0.5, 0.6) is 0 Å². The van der Waals surface area contributed by atoms with Gasteiger partial charge in [-0.05, 0) is 48.5 Å². The predicted molar refractivity (Wildman–Crippen MR) is 114 cm³/mol. The molecule has 0 unspecified atom stereocenters. The zero-order valence-corrected chi connectivity index (χ0v) is 16.1. The molecule has 0 bridgehead atoms. The maximum Gasteiger partial charge on any atom is 0.258 e. The van der Waals surface area contributed by atoms with Gasteiger partial charge in [-0.15, -0.1) is 0 Å². The zero-order valence-electron chi connectivity index (χ0n) is 15.4. The molecule has 3 rings (SSSR count). The van der Waals surface area contributed by atoms with Crippen LogP contribution in [0, 0.1) is 0 Å². The summed E-state index contributed by atoms with van der Waals surface area (Å²) in [5, 5.41) is 6.40. The molecule has 0 saturated heterocycles. The van der Waals surface area contributed by atoms with Crippen LogP contribution < -0.4 is 15.5 Å². The van der Waals surface area contributed by atoms with E-state index in [4.69, 9.17) is 11.6 Å². The van der Waals surface area contributed by atoms with Gasteiger partial charge in [0.1, 0.15) is 0 Å². The third kappa shape index (κ3) is 5.11. The zero-order chi connectivity index (χ0) is 19.9. The highest BCUT2D eigenvalue weighted by molar-refractivity contribution is 6.30. The molecule has 0 saturated carbocycles. The Labute approximate surface area is 168 Å². The molecule has 2 N–H and O–H groups in total. The molecule has 5 nitrogen and oxygen atoms in total. The average Bonchev–Trinajstić information content (AvgIpc) is 2.72. The SMILES string of the molecule is CN(C(=O)c1cccc(NC(=O)CNc2cccc(Cl)c2)c1)c1ccccc1.